The van der Waals surface area contributed by atoms with Gasteiger partial charge in [0.2, 0.25) is 11.7 Å². The molecule has 0 fully saturated rings. The van der Waals surface area contributed by atoms with Crippen molar-refractivity contribution in [2.45, 2.75) is 13.5 Å². The van der Waals surface area contributed by atoms with Crippen molar-refractivity contribution >= 4 is 11.9 Å². The first-order valence-corrected chi connectivity index (χ1v) is 7.50. The Morgan fingerprint density at radius 2 is 1.88 bits per heavy atom. The van der Waals surface area contributed by atoms with E-state index in [4.69, 9.17) is 9.26 Å². The van der Waals surface area contributed by atoms with Crippen molar-refractivity contribution in [1.82, 2.24) is 10.1 Å². The lowest BCUT2D eigenvalue weighted by molar-refractivity contribution is 0.104. The summed E-state index contributed by atoms with van der Waals surface area (Å²) in [6.07, 6.45) is 3.34. The molecule has 0 saturated heterocycles. The predicted molar refractivity (Wildman–Crippen MR) is 89.6 cm³/mol. The molecule has 0 aliphatic carbocycles. The number of rotatable bonds is 6. The van der Waals surface area contributed by atoms with Crippen molar-refractivity contribution in [2.24, 2.45) is 0 Å². The molecular formula is C19H16N2O3. The first kappa shape index (κ1) is 15.7. The topological polar surface area (TPSA) is 65.2 Å². The Morgan fingerprint density at radius 1 is 1.12 bits per heavy atom. The molecule has 2 aromatic carbocycles. The van der Waals surface area contributed by atoms with Crippen molar-refractivity contribution in [3.63, 3.8) is 0 Å². The maximum Gasteiger partial charge on any atom is 0.223 e. The van der Waals surface area contributed by atoms with Crippen molar-refractivity contribution in [2.75, 3.05) is 0 Å². The normalized spacial score (nSPS) is 10.9. The second-order valence-corrected chi connectivity index (χ2v) is 5.15. The van der Waals surface area contributed by atoms with Crippen LogP contribution in [0.1, 0.15) is 27.6 Å². The second-order valence-electron chi connectivity index (χ2n) is 5.15. The lowest BCUT2D eigenvalue weighted by atomic mass is 10.1. The van der Waals surface area contributed by atoms with E-state index >= 15 is 0 Å². The third-order valence-electron chi connectivity index (χ3n) is 3.30. The molecule has 24 heavy (non-hydrogen) atoms. The third kappa shape index (κ3) is 4.16. The van der Waals surface area contributed by atoms with Gasteiger partial charge in [-0.15, -0.1) is 0 Å². The van der Waals surface area contributed by atoms with Gasteiger partial charge < -0.3 is 9.26 Å². The van der Waals surface area contributed by atoms with Gasteiger partial charge in [-0.3, -0.25) is 4.79 Å². The molecule has 0 aliphatic rings. The highest BCUT2D eigenvalue weighted by molar-refractivity contribution is 6.06. The van der Waals surface area contributed by atoms with E-state index in [0.29, 0.717) is 23.0 Å². The largest absolute Gasteiger partial charge is 0.485 e. The Labute approximate surface area is 139 Å². The molecule has 0 spiro atoms. The maximum absolute atomic E-state index is 12.0. The molecule has 0 amide bonds. The molecule has 5 nitrogen and oxygen atoms in total. The summed E-state index contributed by atoms with van der Waals surface area (Å²) < 4.78 is 10.5. The summed E-state index contributed by atoms with van der Waals surface area (Å²) in [5.74, 6) is 1.69. The fourth-order valence-corrected chi connectivity index (χ4v) is 2.09. The number of benzene rings is 2. The summed E-state index contributed by atoms with van der Waals surface area (Å²) in [7, 11) is 0. The molecule has 3 rings (SSSR count). The molecule has 0 radical (unpaired) electrons. The zero-order valence-corrected chi connectivity index (χ0v) is 13.2. The maximum atomic E-state index is 12.0. The number of carbonyl (C=O) groups excluding carboxylic acids is 1. The summed E-state index contributed by atoms with van der Waals surface area (Å²) in [5, 5.41) is 3.77. The predicted octanol–water partition coefficient (Wildman–Crippen LogP) is 3.85. The van der Waals surface area contributed by atoms with Gasteiger partial charge >= 0.3 is 0 Å². The number of allylic oxidation sites excluding steroid dienone is 1. The monoisotopic (exact) mass is 320 g/mol. The number of aromatic nitrogens is 2. The summed E-state index contributed by atoms with van der Waals surface area (Å²) in [4.78, 5) is 16.1. The van der Waals surface area contributed by atoms with Crippen LogP contribution in [0.3, 0.4) is 0 Å². The van der Waals surface area contributed by atoms with Crippen LogP contribution in [-0.4, -0.2) is 15.9 Å². The molecule has 1 heterocycles. The third-order valence-corrected chi connectivity index (χ3v) is 3.30. The number of ether oxygens (including phenoxy) is 1. The lowest BCUT2D eigenvalue weighted by Gasteiger charge is -2.03. The first-order valence-electron chi connectivity index (χ1n) is 7.50. The highest BCUT2D eigenvalue weighted by Gasteiger charge is 2.03. The Hall–Kier alpha value is -3.21. The minimum Gasteiger partial charge on any atom is -0.485 e. The fraction of sp³-hybridized carbons (Fsp3) is 0.105. The highest BCUT2D eigenvalue weighted by Crippen LogP contribution is 2.15. The Bertz CT molecular complexity index is 837. The van der Waals surface area contributed by atoms with Crippen LogP contribution in [-0.2, 0) is 6.61 Å². The van der Waals surface area contributed by atoms with Crippen molar-refractivity contribution < 1.29 is 14.1 Å². The van der Waals surface area contributed by atoms with Gasteiger partial charge in [0.1, 0.15) is 5.75 Å². The van der Waals surface area contributed by atoms with E-state index in [9.17, 15) is 4.79 Å². The van der Waals surface area contributed by atoms with E-state index in [0.717, 1.165) is 5.56 Å². The van der Waals surface area contributed by atoms with Gasteiger partial charge in [-0.1, -0.05) is 53.7 Å². The average molecular weight is 320 g/mol. The molecule has 0 unspecified atom stereocenters. The van der Waals surface area contributed by atoms with Crippen LogP contribution in [0.25, 0.3) is 6.08 Å². The van der Waals surface area contributed by atoms with Crippen molar-refractivity contribution in [3.05, 3.63) is 83.5 Å². The van der Waals surface area contributed by atoms with Crippen molar-refractivity contribution in [3.8, 4) is 5.75 Å². The van der Waals surface area contributed by atoms with Crippen molar-refractivity contribution in [1.29, 1.82) is 0 Å². The minimum absolute atomic E-state index is 0.0246. The summed E-state index contributed by atoms with van der Waals surface area (Å²) in [6, 6.07) is 16.6. The smallest absolute Gasteiger partial charge is 0.223 e. The molecule has 0 bridgehead atoms. The molecule has 0 atom stereocenters. The van der Waals surface area contributed by atoms with Crippen LogP contribution in [0.2, 0.25) is 0 Å². The highest BCUT2D eigenvalue weighted by atomic mass is 16.5. The van der Waals surface area contributed by atoms with E-state index in [1.54, 1.807) is 31.2 Å². The van der Waals surface area contributed by atoms with Gasteiger partial charge in [-0.25, -0.2) is 0 Å². The van der Waals surface area contributed by atoms with Gasteiger partial charge in [-0.05, 0) is 23.8 Å². The molecular weight excluding hydrogens is 304 g/mol. The van der Waals surface area contributed by atoms with Gasteiger partial charge in [-0.2, -0.15) is 4.98 Å². The first-order chi connectivity index (χ1) is 11.7. The minimum atomic E-state index is -0.0246. The molecule has 3 aromatic rings. The van der Waals surface area contributed by atoms with Crippen LogP contribution >= 0.6 is 0 Å². The number of carbonyl (C=O) groups is 1. The number of aryl methyl sites for hydroxylation is 1. The zero-order chi connectivity index (χ0) is 16.8. The fourth-order valence-electron chi connectivity index (χ4n) is 2.09. The molecule has 0 N–H and O–H groups in total. The van der Waals surface area contributed by atoms with Gasteiger partial charge in [0.05, 0.1) is 0 Å². The van der Waals surface area contributed by atoms with E-state index in [1.165, 1.54) is 0 Å². The summed E-state index contributed by atoms with van der Waals surface area (Å²) in [6.45, 7) is 1.98. The number of nitrogens with zero attached hydrogens (tertiary/aromatic N) is 2. The number of hydrogen-bond acceptors (Lipinski definition) is 5. The molecule has 0 aliphatic heterocycles. The Morgan fingerprint density at radius 3 is 2.54 bits per heavy atom. The Kier molecular flexibility index (Phi) is 4.81. The van der Waals surface area contributed by atoms with Crippen LogP contribution in [0.4, 0.5) is 0 Å². The molecule has 5 heteroatoms. The second kappa shape index (κ2) is 7.37. The van der Waals surface area contributed by atoms with E-state index in [-0.39, 0.29) is 12.4 Å². The lowest BCUT2D eigenvalue weighted by Crippen LogP contribution is -1.97. The SMILES string of the molecule is Cc1nc(COc2ccc(C=CC(=O)c3ccccc3)cc2)no1. The zero-order valence-electron chi connectivity index (χ0n) is 13.2. The quantitative estimate of drug-likeness (QED) is 0.510. The standard InChI is InChI=1S/C19H16N2O3/c1-14-20-19(21-24-14)13-23-17-10-7-15(8-11-17)9-12-18(22)16-5-3-2-4-6-16/h2-12H,13H2,1H3. The van der Waals surface area contributed by atoms with Gasteiger partial charge in [0.15, 0.2) is 12.4 Å². The van der Waals surface area contributed by atoms with Crippen LogP contribution in [0.15, 0.2) is 65.2 Å². The van der Waals surface area contributed by atoms with Gasteiger partial charge in [0, 0.05) is 12.5 Å². The van der Waals surface area contributed by atoms with Gasteiger partial charge in [0.25, 0.3) is 0 Å². The Balaban J connectivity index is 1.58. The van der Waals surface area contributed by atoms with E-state index < -0.39 is 0 Å². The average Bonchev–Trinajstić information content (AvgIpc) is 3.05. The molecule has 0 saturated carbocycles. The van der Waals surface area contributed by atoms with E-state index in [2.05, 4.69) is 10.1 Å². The number of hydrogen-bond donors (Lipinski definition) is 0. The van der Waals surface area contributed by atoms with Crippen LogP contribution in [0.5, 0.6) is 5.75 Å². The molecule has 120 valence electrons. The van der Waals surface area contributed by atoms with Crippen LogP contribution < -0.4 is 4.74 Å². The summed E-state index contributed by atoms with van der Waals surface area (Å²) >= 11 is 0. The summed E-state index contributed by atoms with van der Waals surface area (Å²) in [5.41, 5.74) is 1.59. The van der Waals surface area contributed by atoms with E-state index in [1.807, 2.05) is 42.5 Å². The van der Waals surface area contributed by atoms with Crippen LogP contribution in [0, 0.1) is 6.92 Å². The molecule has 1 aromatic heterocycles. The number of ketones is 1.